The van der Waals surface area contributed by atoms with Crippen LogP contribution in [-0.4, -0.2) is 19.6 Å². The summed E-state index contributed by atoms with van der Waals surface area (Å²) in [5.41, 5.74) is 1.61. The number of aromatic nitrogens is 4. The molecular weight excluding hydrogens is 233 g/mol. The number of fused-ring (bicyclic) bond motifs is 1. The second kappa shape index (κ2) is 4.06. The molecule has 1 N–H and O–H groups in total. The number of anilines is 2. The largest absolute Gasteiger partial charge is 0.340 e. The third-order valence-corrected chi connectivity index (χ3v) is 2.50. The summed E-state index contributed by atoms with van der Waals surface area (Å²) in [5, 5.41) is 7.23. The standard InChI is InChI=1S/C12H10FN5/c1-8-6-11(18-12(16-8)14-7-15-18)17-10-4-2-9(13)3-5-10/h2-7,17H,1H3. The number of hydrogen-bond donors (Lipinski definition) is 1. The summed E-state index contributed by atoms with van der Waals surface area (Å²) in [7, 11) is 0. The monoisotopic (exact) mass is 243 g/mol. The van der Waals surface area contributed by atoms with Gasteiger partial charge in [0.2, 0.25) is 0 Å². The third kappa shape index (κ3) is 1.88. The summed E-state index contributed by atoms with van der Waals surface area (Å²) in [6.45, 7) is 1.88. The quantitative estimate of drug-likeness (QED) is 0.750. The van der Waals surface area contributed by atoms with Crippen LogP contribution in [0.5, 0.6) is 0 Å². The molecule has 2 aromatic heterocycles. The zero-order valence-electron chi connectivity index (χ0n) is 9.63. The second-order valence-electron chi connectivity index (χ2n) is 3.89. The van der Waals surface area contributed by atoms with Gasteiger partial charge in [-0.25, -0.2) is 9.37 Å². The van der Waals surface area contributed by atoms with E-state index in [0.29, 0.717) is 5.78 Å². The van der Waals surface area contributed by atoms with Crippen molar-refractivity contribution in [1.82, 2.24) is 19.6 Å². The molecule has 5 nitrogen and oxygen atoms in total. The number of hydrogen-bond acceptors (Lipinski definition) is 4. The Balaban J connectivity index is 2.03. The van der Waals surface area contributed by atoms with E-state index in [1.807, 2.05) is 13.0 Å². The first-order chi connectivity index (χ1) is 8.72. The van der Waals surface area contributed by atoms with E-state index < -0.39 is 0 Å². The molecule has 0 fully saturated rings. The van der Waals surface area contributed by atoms with Gasteiger partial charge in [-0.2, -0.15) is 14.6 Å². The Hall–Kier alpha value is -2.50. The van der Waals surface area contributed by atoms with E-state index in [4.69, 9.17) is 0 Å². The van der Waals surface area contributed by atoms with Crippen molar-refractivity contribution in [2.75, 3.05) is 5.32 Å². The molecular formula is C12H10FN5. The van der Waals surface area contributed by atoms with E-state index >= 15 is 0 Å². The summed E-state index contributed by atoms with van der Waals surface area (Å²) < 4.78 is 14.4. The Labute approximate surface area is 102 Å². The number of aryl methyl sites for hydroxylation is 1. The van der Waals surface area contributed by atoms with Gasteiger partial charge in [0.1, 0.15) is 18.0 Å². The van der Waals surface area contributed by atoms with Crippen LogP contribution in [0, 0.1) is 12.7 Å². The third-order valence-electron chi connectivity index (χ3n) is 2.50. The van der Waals surface area contributed by atoms with Gasteiger partial charge in [0, 0.05) is 17.4 Å². The summed E-state index contributed by atoms with van der Waals surface area (Å²) in [6.07, 6.45) is 1.44. The molecule has 0 amide bonds. The zero-order valence-corrected chi connectivity index (χ0v) is 9.63. The molecule has 18 heavy (non-hydrogen) atoms. The van der Waals surface area contributed by atoms with Gasteiger partial charge >= 0.3 is 0 Å². The molecule has 0 aliphatic heterocycles. The molecule has 0 spiro atoms. The average Bonchev–Trinajstić information content (AvgIpc) is 2.80. The number of rotatable bonds is 2. The predicted molar refractivity (Wildman–Crippen MR) is 65.2 cm³/mol. The van der Waals surface area contributed by atoms with E-state index in [2.05, 4.69) is 20.4 Å². The molecule has 0 atom stereocenters. The molecule has 0 saturated carbocycles. The van der Waals surface area contributed by atoms with Crippen molar-refractivity contribution in [3.05, 3.63) is 48.2 Å². The first kappa shape index (κ1) is 10.6. The van der Waals surface area contributed by atoms with Crippen LogP contribution < -0.4 is 5.32 Å². The molecule has 0 radical (unpaired) electrons. The Bertz CT molecular complexity index is 689. The number of halogens is 1. The number of benzene rings is 1. The molecule has 0 aliphatic rings. The van der Waals surface area contributed by atoms with Crippen LogP contribution in [0.4, 0.5) is 15.9 Å². The van der Waals surface area contributed by atoms with E-state index in [1.54, 1.807) is 16.6 Å². The summed E-state index contributed by atoms with van der Waals surface area (Å²) in [6, 6.07) is 7.97. The van der Waals surface area contributed by atoms with Crippen molar-refractivity contribution in [2.45, 2.75) is 6.92 Å². The molecule has 0 unspecified atom stereocenters. The second-order valence-corrected chi connectivity index (χ2v) is 3.89. The van der Waals surface area contributed by atoms with Crippen molar-refractivity contribution in [2.24, 2.45) is 0 Å². The summed E-state index contributed by atoms with van der Waals surface area (Å²) >= 11 is 0. The molecule has 6 heteroatoms. The van der Waals surface area contributed by atoms with Gasteiger partial charge in [0.15, 0.2) is 0 Å². The molecule has 0 aliphatic carbocycles. The van der Waals surface area contributed by atoms with Crippen LogP contribution in [0.3, 0.4) is 0 Å². The molecule has 0 bridgehead atoms. The van der Waals surface area contributed by atoms with Crippen LogP contribution in [0.1, 0.15) is 5.69 Å². The molecule has 1 aromatic carbocycles. The van der Waals surface area contributed by atoms with E-state index in [9.17, 15) is 4.39 Å². The van der Waals surface area contributed by atoms with Crippen molar-refractivity contribution in [1.29, 1.82) is 0 Å². The maximum atomic E-state index is 12.8. The minimum atomic E-state index is -0.266. The van der Waals surface area contributed by atoms with Crippen LogP contribution in [0.15, 0.2) is 36.7 Å². The topological polar surface area (TPSA) is 55.1 Å². The lowest BCUT2D eigenvalue weighted by Gasteiger charge is -2.08. The van der Waals surface area contributed by atoms with Gasteiger partial charge in [-0.05, 0) is 31.2 Å². The highest BCUT2D eigenvalue weighted by Gasteiger charge is 2.05. The maximum Gasteiger partial charge on any atom is 0.254 e. The Morgan fingerprint density at radius 3 is 2.78 bits per heavy atom. The first-order valence-corrected chi connectivity index (χ1v) is 5.42. The van der Waals surface area contributed by atoms with Gasteiger partial charge in [-0.3, -0.25) is 0 Å². The average molecular weight is 243 g/mol. The SMILES string of the molecule is Cc1cc(Nc2ccc(F)cc2)n2ncnc2n1. The molecule has 2 heterocycles. The predicted octanol–water partition coefficient (Wildman–Crippen LogP) is 2.32. The highest BCUT2D eigenvalue weighted by atomic mass is 19.1. The van der Waals surface area contributed by atoms with Gasteiger partial charge in [0.25, 0.3) is 5.78 Å². The Morgan fingerprint density at radius 1 is 1.22 bits per heavy atom. The lowest BCUT2D eigenvalue weighted by atomic mass is 10.3. The smallest absolute Gasteiger partial charge is 0.254 e. The Morgan fingerprint density at radius 2 is 2.00 bits per heavy atom. The molecule has 90 valence electrons. The Kier molecular flexibility index (Phi) is 2.40. The maximum absolute atomic E-state index is 12.8. The number of nitrogens with zero attached hydrogens (tertiary/aromatic N) is 4. The van der Waals surface area contributed by atoms with Crippen molar-refractivity contribution < 1.29 is 4.39 Å². The van der Waals surface area contributed by atoms with Crippen LogP contribution >= 0.6 is 0 Å². The number of nitrogens with one attached hydrogen (secondary N) is 1. The van der Waals surface area contributed by atoms with Crippen molar-refractivity contribution >= 4 is 17.3 Å². The zero-order chi connectivity index (χ0) is 12.5. The van der Waals surface area contributed by atoms with Gasteiger partial charge in [-0.1, -0.05) is 0 Å². The molecule has 0 saturated heterocycles. The van der Waals surface area contributed by atoms with Crippen molar-refractivity contribution in [3.8, 4) is 0 Å². The van der Waals surface area contributed by atoms with Crippen LogP contribution in [0.2, 0.25) is 0 Å². The lowest BCUT2D eigenvalue weighted by Crippen LogP contribution is -2.02. The fraction of sp³-hybridized carbons (Fsp3) is 0.0833. The highest BCUT2D eigenvalue weighted by molar-refractivity contribution is 5.58. The van der Waals surface area contributed by atoms with Gasteiger partial charge in [-0.15, -0.1) is 0 Å². The minimum absolute atomic E-state index is 0.266. The van der Waals surface area contributed by atoms with E-state index in [1.165, 1.54) is 18.5 Å². The first-order valence-electron chi connectivity index (χ1n) is 5.42. The van der Waals surface area contributed by atoms with E-state index in [0.717, 1.165) is 17.2 Å². The molecule has 3 aromatic rings. The minimum Gasteiger partial charge on any atom is -0.340 e. The normalized spacial score (nSPS) is 10.8. The van der Waals surface area contributed by atoms with Crippen LogP contribution in [-0.2, 0) is 0 Å². The molecule has 3 rings (SSSR count). The summed E-state index contributed by atoms with van der Waals surface area (Å²) in [5.74, 6) is 0.999. The van der Waals surface area contributed by atoms with Gasteiger partial charge < -0.3 is 5.32 Å². The van der Waals surface area contributed by atoms with Crippen molar-refractivity contribution in [3.63, 3.8) is 0 Å². The van der Waals surface area contributed by atoms with Gasteiger partial charge in [0.05, 0.1) is 0 Å². The van der Waals surface area contributed by atoms with E-state index in [-0.39, 0.29) is 5.82 Å². The lowest BCUT2D eigenvalue weighted by molar-refractivity contribution is 0.628. The highest BCUT2D eigenvalue weighted by Crippen LogP contribution is 2.17. The van der Waals surface area contributed by atoms with Crippen LogP contribution in [0.25, 0.3) is 5.78 Å². The fourth-order valence-electron chi connectivity index (χ4n) is 1.70. The fourth-order valence-corrected chi connectivity index (χ4v) is 1.70. The summed E-state index contributed by atoms with van der Waals surface area (Å²) in [4.78, 5) is 8.28.